The third-order valence-electron chi connectivity index (χ3n) is 2.62. The standard InChI is InChI=1S/C9H13IN2O4/c10-5-2-11-9(15)12(3-5)8-1-6(14)7(4-13)16-8/h3,6-8,13-14H,1-2,4H2,(H,11,15)/t6-,7+,8+/m0/s1. The minimum absolute atomic E-state index is 0.240. The molecule has 0 unspecified atom stereocenters. The molecule has 2 heterocycles. The minimum Gasteiger partial charge on any atom is -0.394 e. The van der Waals surface area contributed by atoms with E-state index in [0.717, 1.165) is 3.58 Å². The van der Waals surface area contributed by atoms with Gasteiger partial charge < -0.3 is 20.3 Å². The van der Waals surface area contributed by atoms with Crippen LogP contribution in [0.5, 0.6) is 0 Å². The van der Waals surface area contributed by atoms with E-state index in [1.165, 1.54) is 4.90 Å². The summed E-state index contributed by atoms with van der Waals surface area (Å²) in [7, 11) is 0. The van der Waals surface area contributed by atoms with Gasteiger partial charge in [0.25, 0.3) is 0 Å². The van der Waals surface area contributed by atoms with Crippen LogP contribution in [0.1, 0.15) is 6.42 Å². The molecule has 3 atom stereocenters. The summed E-state index contributed by atoms with van der Waals surface area (Å²) < 4.78 is 6.39. The van der Waals surface area contributed by atoms with Gasteiger partial charge in [-0.3, -0.25) is 4.90 Å². The molecule has 0 aromatic rings. The van der Waals surface area contributed by atoms with Crippen molar-refractivity contribution in [2.45, 2.75) is 24.9 Å². The molecule has 0 saturated carbocycles. The average molecular weight is 340 g/mol. The Labute approximate surface area is 106 Å². The van der Waals surface area contributed by atoms with E-state index in [-0.39, 0.29) is 12.6 Å². The molecule has 0 aromatic heterocycles. The van der Waals surface area contributed by atoms with E-state index in [9.17, 15) is 9.90 Å². The van der Waals surface area contributed by atoms with Crippen LogP contribution in [0.4, 0.5) is 4.79 Å². The Hall–Kier alpha value is -0.380. The summed E-state index contributed by atoms with van der Waals surface area (Å²) in [5, 5.41) is 21.2. The molecule has 2 aliphatic rings. The lowest BCUT2D eigenvalue weighted by Crippen LogP contribution is -2.46. The Morgan fingerprint density at radius 3 is 3.06 bits per heavy atom. The van der Waals surface area contributed by atoms with Crippen LogP contribution in [0.3, 0.4) is 0 Å². The maximum absolute atomic E-state index is 11.6. The average Bonchev–Trinajstić information content (AvgIpc) is 2.63. The van der Waals surface area contributed by atoms with Gasteiger partial charge in [-0.15, -0.1) is 0 Å². The van der Waals surface area contributed by atoms with Gasteiger partial charge in [0.05, 0.1) is 19.3 Å². The maximum Gasteiger partial charge on any atom is 0.323 e. The van der Waals surface area contributed by atoms with E-state index in [1.54, 1.807) is 6.20 Å². The quantitative estimate of drug-likeness (QED) is 0.606. The van der Waals surface area contributed by atoms with Gasteiger partial charge in [-0.25, -0.2) is 4.79 Å². The van der Waals surface area contributed by atoms with E-state index < -0.39 is 18.4 Å². The van der Waals surface area contributed by atoms with Gasteiger partial charge in [0.15, 0.2) is 0 Å². The number of rotatable bonds is 2. The predicted octanol–water partition coefficient (Wildman–Crippen LogP) is -0.244. The zero-order valence-electron chi connectivity index (χ0n) is 8.47. The first-order valence-electron chi connectivity index (χ1n) is 4.98. The Bertz CT molecular complexity index is 323. The summed E-state index contributed by atoms with van der Waals surface area (Å²) in [6.45, 7) is 0.280. The fourth-order valence-corrected chi connectivity index (χ4v) is 2.26. The number of amides is 2. The number of hydrogen-bond donors (Lipinski definition) is 3. The molecule has 0 radical (unpaired) electrons. The van der Waals surface area contributed by atoms with Crippen molar-refractivity contribution in [2.24, 2.45) is 0 Å². The van der Waals surface area contributed by atoms with Gasteiger partial charge >= 0.3 is 6.03 Å². The fourth-order valence-electron chi connectivity index (χ4n) is 1.77. The van der Waals surface area contributed by atoms with Gasteiger partial charge in [0, 0.05) is 16.2 Å². The molecular weight excluding hydrogens is 327 g/mol. The number of aliphatic hydroxyl groups excluding tert-OH is 2. The highest BCUT2D eigenvalue weighted by molar-refractivity contribution is 14.1. The second-order valence-corrected chi connectivity index (χ2v) is 5.14. The normalized spacial score (nSPS) is 34.9. The van der Waals surface area contributed by atoms with E-state index in [4.69, 9.17) is 9.84 Å². The zero-order chi connectivity index (χ0) is 11.7. The van der Waals surface area contributed by atoms with Crippen LogP contribution in [0.2, 0.25) is 0 Å². The van der Waals surface area contributed by atoms with Crippen molar-refractivity contribution in [1.82, 2.24) is 10.2 Å². The summed E-state index contributed by atoms with van der Waals surface area (Å²) in [5.41, 5.74) is 0. The van der Waals surface area contributed by atoms with Gasteiger partial charge in [-0.2, -0.15) is 0 Å². The van der Waals surface area contributed by atoms with Crippen molar-refractivity contribution in [1.29, 1.82) is 0 Å². The summed E-state index contributed by atoms with van der Waals surface area (Å²) >= 11 is 2.13. The van der Waals surface area contributed by atoms with Crippen LogP contribution in [0, 0.1) is 0 Å². The second-order valence-electron chi connectivity index (χ2n) is 3.76. The predicted molar refractivity (Wildman–Crippen MR) is 63.7 cm³/mol. The Morgan fingerprint density at radius 2 is 2.44 bits per heavy atom. The van der Waals surface area contributed by atoms with Crippen molar-refractivity contribution < 1.29 is 19.7 Å². The third kappa shape index (κ3) is 2.31. The monoisotopic (exact) mass is 340 g/mol. The van der Waals surface area contributed by atoms with Crippen molar-refractivity contribution in [3.8, 4) is 0 Å². The zero-order valence-corrected chi connectivity index (χ0v) is 10.6. The number of nitrogens with zero attached hydrogens (tertiary/aromatic N) is 1. The molecule has 90 valence electrons. The molecule has 2 aliphatic heterocycles. The van der Waals surface area contributed by atoms with Gasteiger partial charge in [0.1, 0.15) is 12.3 Å². The smallest absolute Gasteiger partial charge is 0.323 e. The van der Waals surface area contributed by atoms with Gasteiger partial charge in [-0.1, -0.05) is 0 Å². The fraction of sp³-hybridized carbons (Fsp3) is 0.667. The lowest BCUT2D eigenvalue weighted by molar-refractivity contribution is -0.0538. The van der Waals surface area contributed by atoms with Crippen molar-refractivity contribution in [3.05, 3.63) is 9.78 Å². The van der Waals surface area contributed by atoms with Crippen molar-refractivity contribution >= 4 is 28.6 Å². The second kappa shape index (κ2) is 4.86. The molecule has 7 heteroatoms. The van der Waals surface area contributed by atoms with Crippen molar-refractivity contribution in [3.63, 3.8) is 0 Å². The summed E-state index contributed by atoms with van der Waals surface area (Å²) in [6, 6.07) is -0.240. The topological polar surface area (TPSA) is 82.0 Å². The summed E-state index contributed by atoms with van der Waals surface area (Å²) in [6.07, 6.45) is 0.189. The van der Waals surface area contributed by atoms with Crippen molar-refractivity contribution in [2.75, 3.05) is 13.2 Å². The van der Waals surface area contributed by atoms with Crippen LogP contribution >= 0.6 is 22.6 Å². The van der Waals surface area contributed by atoms with Gasteiger partial charge in [-0.05, 0) is 22.6 Å². The number of carbonyl (C=O) groups is 1. The summed E-state index contributed by atoms with van der Waals surface area (Å²) in [4.78, 5) is 13.0. The molecule has 2 rings (SSSR count). The number of aliphatic hydroxyl groups is 2. The molecule has 2 amide bonds. The largest absolute Gasteiger partial charge is 0.394 e. The SMILES string of the molecule is O=C1NCC(I)=CN1[C@H]1C[C@H](O)[C@@H](CO)O1. The highest BCUT2D eigenvalue weighted by Crippen LogP contribution is 2.25. The van der Waals surface area contributed by atoms with Crippen LogP contribution in [0.15, 0.2) is 9.78 Å². The molecule has 16 heavy (non-hydrogen) atoms. The van der Waals surface area contributed by atoms with E-state index in [1.807, 2.05) is 0 Å². The Morgan fingerprint density at radius 1 is 1.69 bits per heavy atom. The number of ether oxygens (including phenoxy) is 1. The Balaban J connectivity index is 2.08. The Kier molecular flexibility index (Phi) is 3.67. The number of halogens is 1. The first-order chi connectivity index (χ1) is 7.61. The molecule has 1 fully saturated rings. The van der Waals surface area contributed by atoms with Gasteiger partial charge in [0.2, 0.25) is 0 Å². The summed E-state index contributed by atoms with van der Waals surface area (Å²) in [5.74, 6) is 0. The third-order valence-corrected chi connectivity index (χ3v) is 3.28. The highest BCUT2D eigenvalue weighted by Gasteiger charge is 2.38. The number of hydrogen-bond acceptors (Lipinski definition) is 4. The van der Waals surface area contributed by atoms with E-state index in [2.05, 4.69) is 27.9 Å². The number of carbonyl (C=O) groups excluding carboxylic acids is 1. The molecule has 0 aliphatic carbocycles. The molecule has 1 saturated heterocycles. The van der Waals surface area contributed by atoms with E-state index in [0.29, 0.717) is 13.0 Å². The van der Waals surface area contributed by atoms with Crippen LogP contribution in [-0.4, -0.2) is 52.7 Å². The van der Waals surface area contributed by atoms with Crippen LogP contribution in [0.25, 0.3) is 0 Å². The first-order valence-corrected chi connectivity index (χ1v) is 6.06. The molecule has 3 N–H and O–H groups in total. The lowest BCUT2D eigenvalue weighted by Gasteiger charge is -2.28. The molecule has 0 bridgehead atoms. The van der Waals surface area contributed by atoms with Crippen LogP contribution in [-0.2, 0) is 4.74 Å². The molecule has 0 aromatic carbocycles. The molecule has 6 nitrogen and oxygen atoms in total. The lowest BCUT2D eigenvalue weighted by atomic mass is 10.2. The number of urea groups is 1. The first kappa shape index (κ1) is 12.1. The highest BCUT2D eigenvalue weighted by atomic mass is 127. The molecule has 0 spiro atoms. The molecular formula is C9H13IN2O4. The minimum atomic E-state index is -0.726. The van der Waals surface area contributed by atoms with Crippen LogP contribution < -0.4 is 5.32 Å². The maximum atomic E-state index is 11.6. The van der Waals surface area contributed by atoms with E-state index >= 15 is 0 Å². The number of nitrogens with one attached hydrogen (secondary N) is 1.